The number of nitro groups is 1. The van der Waals surface area contributed by atoms with Gasteiger partial charge in [0, 0.05) is 12.1 Å². The van der Waals surface area contributed by atoms with Crippen molar-refractivity contribution in [2.45, 2.75) is 32.2 Å². The van der Waals surface area contributed by atoms with Gasteiger partial charge in [-0.05, 0) is 56.3 Å². The number of likely N-dealkylation sites (tertiary alicyclic amines) is 1. The number of nitro benzene ring substituents is 1. The van der Waals surface area contributed by atoms with E-state index >= 15 is 0 Å². The van der Waals surface area contributed by atoms with Crippen LogP contribution in [0.5, 0.6) is 5.88 Å². The third-order valence-electron chi connectivity index (χ3n) is 6.36. The average Bonchev–Trinajstić information content (AvgIpc) is 3.33. The van der Waals surface area contributed by atoms with E-state index in [-0.39, 0.29) is 17.6 Å². The molecule has 1 fully saturated rings. The Morgan fingerprint density at radius 2 is 1.85 bits per heavy atom. The zero-order valence-corrected chi connectivity index (χ0v) is 19.1. The summed E-state index contributed by atoms with van der Waals surface area (Å²) in [5.74, 6) is 1.31. The Morgan fingerprint density at radius 1 is 1.15 bits per heavy atom. The highest BCUT2D eigenvalue weighted by molar-refractivity contribution is 7.17. The average molecular weight is 464 g/mol. The van der Waals surface area contributed by atoms with Crippen LogP contribution in [0.1, 0.15) is 40.7 Å². The maximum absolute atomic E-state index is 11.1. The van der Waals surface area contributed by atoms with Gasteiger partial charge in [-0.1, -0.05) is 53.8 Å². The van der Waals surface area contributed by atoms with Crippen molar-refractivity contribution in [2.75, 3.05) is 13.1 Å². The highest BCUT2D eigenvalue weighted by Crippen LogP contribution is 2.41. The molecule has 0 radical (unpaired) electrons. The van der Waals surface area contributed by atoms with Crippen LogP contribution in [0.4, 0.5) is 5.69 Å². The minimum absolute atomic E-state index is 0.0570. The molecule has 1 aliphatic heterocycles. The van der Waals surface area contributed by atoms with Crippen molar-refractivity contribution in [1.29, 1.82) is 0 Å². The molecule has 1 aliphatic rings. The zero-order chi connectivity index (χ0) is 22.9. The Bertz CT molecular complexity index is 1260. The van der Waals surface area contributed by atoms with Gasteiger partial charge in [-0.2, -0.15) is 4.52 Å². The third kappa shape index (κ3) is 4.34. The lowest BCUT2D eigenvalue weighted by Gasteiger charge is -2.37. The number of thiazole rings is 1. The molecule has 4 aromatic rings. The fraction of sp³-hybridized carbons (Fsp3) is 0.333. The second-order valence-electron chi connectivity index (χ2n) is 8.56. The molecule has 0 aliphatic carbocycles. The first kappa shape index (κ1) is 21.5. The Balaban J connectivity index is 1.43. The summed E-state index contributed by atoms with van der Waals surface area (Å²) >= 11 is 1.42. The van der Waals surface area contributed by atoms with Gasteiger partial charge in [0.05, 0.1) is 15.8 Å². The van der Waals surface area contributed by atoms with Crippen LogP contribution < -0.4 is 0 Å². The minimum atomic E-state index is -0.392. The zero-order valence-electron chi connectivity index (χ0n) is 18.3. The molecule has 3 heterocycles. The quantitative estimate of drug-likeness (QED) is 0.327. The SMILES string of the molecule is Cc1nc2sc([C@@H](c3ccc([N+](=O)[O-])cc3)N3CCC(Cc4ccccc4)CC3)c(O)n2n1. The second-order valence-corrected chi connectivity index (χ2v) is 9.57. The molecule has 0 spiro atoms. The van der Waals surface area contributed by atoms with E-state index in [2.05, 4.69) is 39.2 Å². The van der Waals surface area contributed by atoms with E-state index in [1.54, 1.807) is 19.1 Å². The van der Waals surface area contributed by atoms with Gasteiger partial charge in [-0.15, -0.1) is 5.10 Å². The normalized spacial score (nSPS) is 16.3. The number of aryl methyl sites for hydroxylation is 1. The summed E-state index contributed by atoms with van der Waals surface area (Å²) in [4.78, 5) is 18.9. The van der Waals surface area contributed by atoms with Crippen LogP contribution in [0, 0.1) is 23.0 Å². The molecule has 0 saturated carbocycles. The fourth-order valence-corrected chi connectivity index (χ4v) is 5.86. The van der Waals surface area contributed by atoms with Crippen LogP contribution in [0.25, 0.3) is 4.96 Å². The van der Waals surface area contributed by atoms with Gasteiger partial charge in [-0.3, -0.25) is 15.0 Å². The molecule has 8 nitrogen and oxygen atoms in total. The van der Waals surface area contributed by atoms with Crippen LogP contribution in [0.15, 0.2) is 54.6 Å². The molecular weight excluding hydrogens is 438 g/mol. The van der Waals surface area contributed by atoms with Crippen LogP contribution in [-0.2, 0) is 6.42 Å². The Morgan fingerprint density at radius 3 is 2.48 bits per heavy atom. The van der Waals surface area contributed by atoms with Crippen LogP contribution in [0.2, 0.25) is 0 Å². The number of fused-ring (bicyclic) bond motifs is 1. The van der Waals surface area contributed by atoms with Crippen molar-refractivity contribution >= 4 is 22.0 Å². The van der Waals surface area contributed by atoms with Crippen molar-refractivity contribution in [2.24, 2.45) is 5.92 Å². The molecule has 2 aromatic heterocycles. The summed E-state index contributed by atoms with van der Waals surface area (Å²) in [6.45, 7) is 3.56. The highest BCUT2D eigenvalue weighted by Gasteiger charge is 2.32. The second kappa shape index (κ2) is 8.92. The van der Waals surface area contributed by atoms with E-state index in [0.717, 1.165) is 42.8 Å². The number of hydrogen-bond donors (Lipinski definition) is 1. The van der Waals surface area contributed by atoms with Gasteiger partial charge in [-0.25, -0.2) is 4.98 Å². The molecule has 2 aromatic carbocycles. The van der Waals surface area contributed by atoms with Crippen molar-refractivity contribution in [3.05, 3.63) is 86.5 Å². The lowest BCUT2D eigenvalue weighted by Crippen LogP contribution is -2.37. The van der Waals surface area contributed by atoms with Crippen molar-refractivity contribution in [1.82, 2.24) is 19.5 Å². The summed E-state index contributed by atoms with van der Waals surface area (Å²) in [7, 11) is 0. The van der Waals surface area contributed by atoms with Gasteiger partial charge in [0.15, 0.2) is 0 Å². The van der Waals surface area contributed by atoms with E-state index in [0.29, 0.717) is 16.7 Å². The smallest absolute Gasteiger partial charge is 0.269 e. The van der Waals surface area contributed by atoms with Crippen molar-refractivity contribution in [3.8, 4) is 5.88 Å². The number of piperidine rings is 1. The first-order valence-corrected chi connectivity index (χ1v) is 11.9. The first-order chi connectivity index (χ1) is 16.0. The number of hydrogen-bond acceptors (Lipinski definition) is 7. The number of benzene rings is 2. The van der Waals surface area contributed by atoms with Crippen LogP contribution in [0.3, 0.4) is 0 Å². The standard InChI is InChI=1S/C24H25N5O3S/c1-16-25-24-28(26-16)23(30)22(33-24)21(19-7-9-20(10-8-19)29(31)32)27-13-11-18(12-14-27)15-17-5-3-2-4-6-17/h2-10,18,21,30H,11-15H2,1H3/t21-/m1/s1. The maximum atomic E-state index is 11.1. The third-order valence-corrected chi connectivity index (χ3v) is 7.43. The van der Waals surface area contributed by atoms with Crippen LogP contribution in [-0.4, -0.2) is 42.6 Å². The molecule has 5 rings (SSSR count). The summed E-state index contributed by atoms with van der Waals surface area (Å²) in [5, 5.41) is 26.4. The molecule has 9 heteroatoms. The largest absolute Gasteiger partial charge is 0.492 e. The highest BCUT2D eigenvalue weighted by atomic mass is 32.1. The van der Waals surface area contributed by atoms with Gasteiger partial charge in [0.2, 0.25) is 10.8 Å². The number of aromatic nitrogens is 3. The van der Waals surface area contributed by atoms with Gasteiger partial charge in [0.25, 0.3) is 5.69 Å². The number of non-ortho nitro benzene ring substituents is 1. The molecule has 0 unspecified atom stereocenters. The van der Waals surface area contributed by atoms with E-state index in [9.17, 15) is 15.2 Å². The topological polar surface area (TPSA) is 96.8 Å². The lowest BCUT2D eigenvalue weighted by atomic mass is 9.88. The van der Waals surface area contributed by atoms with Gasteiger partial charge >= 0.3 is 0 Å². The molecule has 0 bridgehead atoms. The van der Waals surface area contributed by atoms with E-state index in [1.807, 2.05) is 6.07 Å². The van der Waals surface area contributed by atoms with E-state index in [1.165, 1.54) is 33.5 Å². The van der Waals surface area contributed by atoms with Crippen LogP contribution >= 0.6 is 11.3 Å². The Hall–Kier alpha value is -3.30. The Labute approximate surface area is 195 Å². The molecular formula is C24H25N5O3S. The molecule has 33 heavy (non-hydrogen) atoms. The summed E-state index contributed by atoms with van der Waals surface area (Å²) in [6, 6.07) is 17.0. The molecule has 1 atom stereocenters. The molecule has 0 amide bonds. The lowest BCUT2D eigenvalue weighted by molar-refractivity contribution is -0.384. The minimum Gasteiger partial charge on any atom is -0.492 e. The summed E-state index contributed by atoms with van der Waals surface area (Å²) < 4.78 is 1.48. The molecule has 1 saturated heterocycles. The summed E-state index contributed by atoms with van der Waals surface area (Å²) in [5.41, 5.74) is 2.33. The van der Waals surface area contributed by atoms with E-state index in [4.69, 9.17) is 0 Å². The maximum Gasteiger partial charge on any atom is 0.269 e. The van der Waals surface area contributed by atoms with Crippen molar-refractivity contribution < 1.29 is 10.0 Å². The first-order valence-electron chi connectivity index (χ1n) is 11.1. The fourth-order valence-electron chi connectivity index (χ4n) is 4.70. The number of nitrogens with zero attached hydrogens (tertiary/aromatic N) is 5. The van der Waals surface area contributed by atoms with Gasteiger partial charge in [0.1, 0.15) is 5.82 Å². The monoisotopic (exact) mass is 463 g/mol. The predicted molar refractivity (Wildman–Crippen MR) is 127 cm³/mol. The van der Waals surface area contributed by atoms with Crippen molar-refractivity contribution in [3.63, 3.8) is 0 Å². The predicted octanol–water partition coefficient (Wildman–Crippen LogP) is 4.76. The Kier molecular flexibility index (Phi) is 5.82. The molecule has 170 valence electrons. The van der Waals surface area contributed by atoms with Gasteiger partial charge < -0.3 is 5.11 Å². The number of aromatic hydroxyl groups is 1. The summed E-state index contributed by atoms with van der Waals surface area (Å²) in [6.07, 6.45) is 3.18. The number of rotatable bonds is 6. The van der Waals surface area contributed by atoms with E-state index < -0.39 is 4.92 Å². The molecule has 1 N–H and O–H groups in total.